The number of fused-ring (bicyclic) bond motifs is 4. The Morgan fingerprint density at radius 3 is 2.75 bits per heavy atom. The molecular weight excluding hydrogens is 386 g/mol. The molecule has 0 amide bonds. The Bertz CT molecular complexity index is 1230. The van der Waals surface area contributed by atoms with Gasteiger partial charge >= 0.3 is 29.6 Å². The Hall–Kier alpha value is -2.12. The molecular formula is C21H12FN2NaO2S. The topological polar surface area (TPSA) is 65.9 Å². The summed E-state index contributed by atoms with van der Waals surface area (Å²) in [4.78, 5) is 20.9. The van der Waals surface area contributed by atoms with Gasteiger partial charge in [-0.25, -0.2) is 14.4 Å². The number of halogens is 1. The number of nitrogens with zero attached hydrogens (tertiary/aromatic N) is 2. The number of aromatic nitrogens is 2. The Morgan fingerprint density at radius 2 is 2.00 bits per heavy atom. The van der Waals surface area contributed by atoms with Crippen LogP contribution in [-0.4, -0.2) is 15.9 Å². The van der Waals surface area contributed by atoms with Crippen molar-refractivity contribution in [3.63, 3.8) is 0 Å². The fraction of sp³-hybridized carbons (Fsp3) is 0.0952. The Labute approximate surface area is 186 Å². The van der Waals surface area contributed by atoms with Crippen LogP contribution in [0.1, 0.15) is 21.5 Å². The molecule has 1 aliphatic rings. The van der Waals surface area contributed by atoms with Crippen molar-refractivity contribution in [1.29, 1.82) is 0 Å². The predicted octanol–water partition coefficient (Wildman–Crippen LogP) is 0.631. The summed E-state index contributed by atoms with van der Waals surface area (Å²) in [5.41, 5.74) is 4.80. The van der Waals surface area contributed by atoms with Gasteiger partial charge in [-0.05, 0) is 48.2 Å². The van der Waals surface area contributed by atoms with E-state index in [2.05, 4.69) is 16.0 Å². The summed E-state index contributed by atoms with van der Waals surface area (Å²) >= 11 is 1.57. The average Bonchev–Trinajstić information content (AvgIpc) is 3.20. The monoisotopic (exact) mass is 398 g/mol. The fourth-order valence-corrected chi connectivity index (χ4v) is 4.40. The molecule has 28 heavy (non-hydrogen) atoms. The number of hydrogen-bond acceptors (Lipinski definition) is 5. The van der Waals surface area contributed by atoms with Gasteiger partial charge < -0.3 is 9.90 Å². The number of carboxylic acid groups (broad SMARTS) is 1. The molecule has 1 aliphatic carbocycles. The van der Waals surface area contributed by atoms with Crippen LogP contribution in [0, 0.1) is 5.82 Å². The van der Waals surface area contributed by atoms with E-state index in [1.807, 2.05) is 17.5 Å². The first-order valence-electron chi connectivity index (χ1n) is 8.48. The van der Waals surface area contributed by atoms with Crippen LogP contribution in [0.4, 0.5) is 4.39 Å². The molecule has 4 nitrogen and oxygen atoms in total. The molecule has 0 saturated heterocycles. The van der Waals surface area contributed by atoms with Crippen molar-refractivity contribution in [2.45, 2.75) is 12.8 Å². The molecule has 0 N–H and O–H groups in total. The maximum atomic E-state index is 13.7. The first-order valence-corrected chi connectivity index (χ1v) is 9.36. The van der Waals surface area contributed by atoms with E-state index >= 15 is 0 Å². The third-order valence-corrected chi connectivity index (χ3v) is 5.76. The third-order valence-electron chi connectivity index (χ3n) is 4.94. The van der Waals surface area contributed by atoms with E-state index in [0.29, 0.717) is 29.6 Å². The van der Waals surface area contributed by atoms with Gasteiger partial charge in [0.1, 0.15) is 10.8 Å². The molecule has 4 aromatic rings. The number of pyridine rings is 1. The van der Waals surface area contributed by atoms with Crippen molar-refractivity contribution in [1.82, 2.24) is 9.97 Å². The Kier molecular flexibility index (Phi) is 5.05. The van der Waals surface area contributed by atoms with Crippen LogP contribution in [0.5, 0.6) is 0 Å². The maximum absolute atomic E-state index is 13.7. The van der Waals surface area contributed by atoms with Crippen LogP contribution in [0.15, 0.2) is 48.0 Å². The van der Waals surface area contributed by atoms with Crippen LogP contribution in [0.3, 0.4) is 0 Å². The van der Waals surface area contributed by atoms with Crippen molar-refractivity contribution in [2.24, 2.45) is 0 Å². The molecule has 0 radical (unpaired) electrons. The molecule has 2 aromatic carbocycles. The van der Waals surface area contributed by atoms with Crippen molar-refractivity contribution in [2.75, 3.05) is 0 Å². The van der Waals surface area contributed by atoms with Crippen LogP contribution in [-0.2, 0) is 12.8 Å². The van der Waals surface area contributed by atoms with Crippen LogP contribution in [0.2, 0.25) is 0 Å². The Morgan fingerprint density at radius 1 is 1.14 bits per heavy atom. The molecule has 0 fully saturated rings. The normalized spacial score (nSPS) is 12.2. The van der Waals surface area contributed by atoms with Gasteiger partial charge in [-0.3, -0.25) is 0 Å². The third kappa shape index (κ3) is 3.06. The molecule has 2 aromatic heterocycles. The van der Waals surface area contributed by atoms with E-state index in [1.165, 1.54) is 18.2 Å². The van der Waals surface area contributed by atoms with E-state index in [1.54, 1.807) is 17.5 Å². The van der Waals surface area contributed by atoms with Crippen LogP contribution in [0.25, 0.3) is 32.7 Å². The summed E-state index contributed by atoms with van der Waals surface area (Å²) < 4.78 is 13.7. The van der Waals surface area contributed by atoms with E-state index in [4.69, 9.17) is 0 Å². The van der Waals surface area contributed by atoms with Gasteiger partial charge in [-0.1, -0.05) is 12.1 Å². The second-order valence-electron chi connectivity index (χ2n) is 6.47. The minimum atomic E-state index is -1.30. The van der Waals surface area contributed by atoms with E-state index in [-0.39, 0.29) is 40.5 Å². The zero-order valence-electron chi connectivity index (χ0n) is 15.0. The first kappa shape index (κ1) is 19.2. The molecule has 0 spiro atoms. The number of aryl methyl sites for hydroxylation is 1. The molecule has 5 rings (SSSR count). The van der Waals surface area contributed by atoms with Crippen LogP contribution < -0.4 is 34.7 Å². The zero-order chi connectivity index (χ0) is 18.5. The predicted molar refractivity (Wildman–Crippen MR) is 100.0 cm³/mol. The summed E-state index contributed by atoms with van der Waals surface area (Å²) in [6.07, 6.45) is 2.98. The number of thiazole rings is 1. The average molecular weight is 398 g/mol. The van der Waals surface area contributed by atoms with Gasteiger partial charge in [0.25, 0.3) is 0 Å². The van der Waals surface area contributed by atoms with Crippen molar-refractivity contribution >= 4 is 28.2 Å². The minimum Gasteiger partial charge on any atom is -0.545 e. The summed E-state index contributed by atoms with van der Waals surface area (Å²) in [6.45, 7) is 0. The number of carbonyl (C=O) groups excluding carboxylic acids is 1. The smallest absolute Gasteiger partial charge is 0.545 e. The first-order chi connectivity index (χ1) is 13.1. The second kappa shape index (κ2) is 7.37. The summed E-state index contributed by atoms with van der Waals surface area (Å²) in [5, 5.41) is 15.0. The molecule has 7 heteroatoms. The molecule has 0 aliphatic heterocycles. The number of benzene rings is 2. The standard InChI is InChI=1S/C21H13FN2O2S.Na/c22-13-3-6-17-16(10-13)18(21(25)26)15-5-1-11-9-12(20-23-7-8-27-20)2-4-14(11)19(15)24-17;/h2-4,6-10H,1,5H2,(H,25,26);/q;+1/p-1. The molecule has 132 valence electrons. The van der Waals surface area contributed by atoms with Crippen LogP contribution >= 0.6 is 11.3 Å². The fourth-order valence-electron chi connectivity index (χ4n) is 3.76. The SMILES string of the molecule is O=C([O-])c1c2c(nc3ccc(F)cc13)-c1ccc(-c3nccs3)cc1CC2.[Na+]. The molecule has 0 atom stereocenters. The van der Waals surface area contributed by atoms with Gasteiger partial charge in [0.05, 0.1) is 17.2 Å². The van der Waals surface area contributed by atoms with E-state index in [9.17, 15) is 14.3 Å². The van der Waals surface area contributed by atoms with E-state index < -0.39 is 11.8 Å². The Balaban J connectivity index is 0.00000192. The van der Waals surface area contributed by atoms with E-state index in [0.717, 1.165) is 21.7 Å². The molecule has 0 bridgehead atoms. The molecule has 0 saturated carbocycles. The minimum absolute atomic E-state index is 0. The summed E-state index contributed by atoms with van der Waals surface area (Å²) in [5.74, 6) is -1.79. The number of carbonyl (C=O) groups is 1. The molecule has 0 unspecified atom stereocenters. The number of hydrogen-bond donors (Lipinski definition) is 0. The number of aromatic carboxylic acids is 1. The van der Waals surface area contributed by atoms with Gasteiger partial charge in [0.2, 0.25) is 0 Å². The van der Waals surface area contributed by atoms with Crippen molar-refractivity contribution in [3.8, 4) is 21.8 Å². The zero-order valence-corrected chi connectivity index (χ0v) is 17.8. The van der Waals surface area contributed by atoms with Crippen molar-refractivity contribution < 1.29 is 43.8 Å². The largest absolute Gasteiger partial charge is 1.00 e. The molecule has 2 heterocycles. The quantitative estimate of drug-likeness (QED) is 0.465. The number of carboxylic acids is 1. The van der Waals surface area contributed by atoms with Gasteiger partial charge in [-0.15, -0.1) is 11.3 Å². The summed E-state index contributed by atoms with van der Waals surface area (Å²) in [7, 11) is 0. The number of rotatable bonds is 2. The second-order valence-corrected chi connectivity index (χ2v) is 7.37. The van der Waals surface area contributed by atoms with Gasteiger partial charge in [0, 0.05) is 33.7 Å². The maximum Gasteiger partial charge on any atom is 1.00 e. The van der Waals surface area contributed by atoms with Crippen molar-refractivity contribution in [3.05, 3.63) is 70.5 Å². The van der Waals surface area contributed by atoms with Gasteiger partial charge in [-0.2, -0.15) is 0 Å². The summed E-state index contributed by atoms with van der Waals surface area (Å²) in [6, 6.07) is 10.0. The van der Waals surface area contributed by atoms with Gasteiger partial charge in [0.15, 0.2) is 0 Å².